The number of hydrogen-bond donors (Lipinski definition) is 0. The topological polar surface area (TPSA) is 93.0 Å². The first-order valence-electron chi connectivity index (χ1n) is 8.97. The van der Waals surface area contributed by atoms with E-state index in [0.29, 0.717) is 31.7 Å². The largest absolute Gasteiger partial charge is 0.377 e. The van der Waals surface area contributed by atoms with E-state index in [-0.39, 0.29) is 16.7 Å². The third-order valence-electron chi connectivity index (χ3n) is 5.07. The Bertz CT molecular complexity index is 754. The fourth-order valence-electron chi connectivity index (χ4n) is 3.51. The molecule has 0 aromatic heterocycles. The Hall–Kier alpha value is -1.55. The summed E-state index contributed by atoms with van der Waals surface area (Å²) < 4.78 is 33.1. The van der Waals surface area contributed by atoms with Gasteiger partial charge in [-0.1, -0.05) is 6.07 Å². The van der Waals surface area contributed by atoms with Gasteiger partial charge in [-0.15, -0.1) is 0 Å². The zero-order chi connectivity index (χ0) is 18.7. The zero-order valence-corrected chi connectivity index (χ0v) is 15.8. The van der Waals surface area contributed by atoms with Gasteiger partial charge in [-0.05, 0) is 31.7 Å². The van der Waals surface area contributed by atoms with Gasteiger partial charge in [0.1, 0.15) is 0 Å². The predicted molar refractivity (Wildman–Crippen MR) is 96.6 cm³/mol. The second kappa shape index (κ2) is 7.99. The molecule has 26 heavy (non-hydrogen) atoms. The van der Waals surface area contributed by atoms with E-state index >= 15 is 0 Å². The summed E-state index contributed by atoms with van der Waals surface area (Å²) in [6.45, 7) is 5.37. The average molecular weight is 383 g/mol. The second-order valence-electron chi connectivity index (χ2n) is 6.90. The van der Waals surface area contributed by atoms with E-state index in [1.165, 1.54) is 22.9 Å². The first-order chi connectivity index (χ1) is 12.4. The van der Waals surface area contributed by atoms with Gasteiger partial charge < -0.3 is 4.74 Å². The molecule has 0 aliphatic carbocycles. The Morgan fingerprint density at radius 1 is 1.23 bits per heavy atom. The standard InChI is InChI=1S/C17H25N3O5S/c1-14-5-6-15(20(21)22)12-17(14)26(23,24)19-9-7-18(8-10-19)13-16-4-2-3-11-25-16/h5-6,12,16H,2-4,7-11,13H2,1H3/t16-/m1/s1. The molecular formula is C17H25N3O5S. The number of nitro benzene ring substituents is 1. The number of benzene rings is 1. The van der Waals surface area contributed by atoms with Crippen LogP contribution in [0.15, 0.2) is 23.1 Å². The molecule has 0 spiro atoms. The Kier molecular flexibility index (Phi) is 5.91. The van der Waals surface area contributed by atoms with Crippen molar-refractivity contribution >= 4 is 15.7 Å². The number of sulfonamides is 1. The van der Waals surface area contributed by atoms with Crippen molar-refractivity contribution in [2.75, 3.05) is 39.3 Å². The van der Waals surface area contributed by atoms with Crippen LogP contribution < -0.4 is 0 Å². The molecule has 2 aliphatic heterocycles. The fourth-order valence-corrected chi connectivity index (χ4v) is 5.18. The minimum absolute atomic E-state index is 0.0239. The highest BCUT2D eigenvalue weighted by atomic mass is 32.2. The monoisotopic (exact) mass is 383 g/mol. The molecule has 0 amide bonds. The van der Waals surface area contributed by atoms with Gasteiger partial charge in [-0.3, -0.25) is 15.0 Å². The van der Waals surface area contributed by atoms with Crippen molar-refractivity contribution in [3.63, 3.8) is 0 Å². The maximum absolute atomic E-state index is 12.9. The van der Waals surface area contributed by atoms with E-state index < -0.39 is 14.9 Å². The lowest BCUT2D eigenvalue weighted by atomic mass is 10.1. The molecular weight excluding hydrogens is 358 g/mol. The molecule has 2 saturated heterocycles. The van der Waals surface area contributed by atoms with Crippen LogP contribution in [0, 0.1) is 17.0 Å². The first-order valence-corrected chi connectivity index (χ1v) is 10.4. The average Bonchev–Trinajstić information content (AvgIpc) is 2.63. The lowest BCUT2D eigenvalue weighted by molar-refractivity contribution is -0.385. The number of hydrogen-bond acceptors (Lipinski definition) is 6. The van der Waals surface area contributed by atoms with Crippen molar-refractivity contribution in [3.8, 4) is 0 Å². The fraction of sp³-hybridized carbons (Fsp3) is 0.647. The van der Waals surface area contributed by atoms with E-state index in [2.05, 4.69) is 4.90 Å². The highest BCUT2D eigenvalue weighted by molar-refractivity contribution is 7.89. The molecule has 0 saturated carbocycles. The van der Waals surface area contributed by atoms with E-state index in [1.54, 1.807) is 6.92 Å². The molecule has 2 fully saturated rings. The first kappa shape index (κ1) is 19.2. The van der Waals surface area contributed by atoms with Crippen LogP contribution in [0.3, 0.4) is 0 Å². The number of nitro groups is 1. The smallest absolute Gasteiger partial charge is 0.270 e. The highest BCUT2D eigenvalue weighted by Gasteiger charge is 2.31. The minimum Gasteiger partial charge on any atom is -0.377 e. The molecule has 2 aliphatic rings. The summed E-state index contributed by atoms with van der Waals surface area (Å²) in [6, 6.07) is 3.98. The molecule has 3 rings (SSSR count). The van der Waals surface area contributed by atoms with Crippen LogP contribution >= 0.6 is 0 Å². The lowest BCUT2D eigenvalue weighted by Crippen LogP contribution is -2.50. The molecule has 9 heteroatoms. The molecule has 1 aromatic rings. The lowest BCUT2D eigenvalue weighted by Gasteiger charge is -2.36. The molecule has 0 radical (unpaired) electrons. The van der Waals surface area contributed by atoms with E-state index in [9.17, 15) is 18.5 Å². The highest BCUT2D eigenvalue weighted by Crippen LogP contribution is 2.26. The summed E-state index contributed by atoms with van der Waals surface area (Å²) in [5.74, 6) is 0. The van der Waals surface area contributed by atoms with Crippen LogP contribution in [0.25, 0.3) is 0 Å². The van der Waals surface area contributed by atoms with E-state index in [1.807, 2.05) is 0 Å². The summed E-state index contributed by atoms with van der Waals surface area (Å²) in [5.41, 5.74) is 0.316. The molecule has 8 nitrogen and oxygen atoms in total. The van der Waals surface area contributed by atoms with Gasteiger partial charge >= 0.3 is 0 Å². The molecule has 144 valence electrons. The van der Waals surface area contributed by atoms with Gasteiger partial charge in [0.2, 0.25) is 10.0 Å². The van der Waals surface area contributed by atoms with Gasteiger partial charge in [0.05, 0.1) is 15.9 Å². The van der Waals surface area contributed by atoms with Crippen LogP contribution in [0.4, 0.5) is 5.69 Å². The van der Waals surface area contributed by atoms with Crippen molar-refractivity contribution < 1.29 is 18.1 Å². The Morgan fingerprint density at radius 3 is 2.58 bits per heavy atom. The summed E-state index contributed by atoms with van der Waals surface area (Å²) in [6.07, 6.45) is 3.60. The van der Waals surface area contributed by atoms with Gasteiger partial charge in [0.25, 0.3) is 5.69 Å². The third kappa shape index (κ3) is 4.22. The summed E-state index contributed by atoms with van der Waals surface area (Å²) in [7, 11) is -3.73. The normalized spacial score (nSPS) is 23.0. The van der Waals surface area contributed by atoms with Crippen LogP contribution in [0.5, 0.6) is 0 Å². The van der Waals surface area contributed by atoms with Crippen LogP contribution in [-0.2, 0) is 14.8 Å². The van der Waals surface area contributed by atoms with Gasteiger partial charge in [-0.25, -0.2) is 8.42 Å². The van der Waals surface area contributed by atoms with Crippen LogP contribution in [0.1, 0.15) is 24.8 Å². The quantitative estimate of drug-likeness (QED) is 0.568. The molecule has 0 N–H and O–H groups in total. The van der Waals surface area contributed by atoms with Gasteiger partial charge in [0.15, 0.2) is 0 Å². The van der Waals surface area contributed by atoms with Gasteiger partial charge in [-0.2, -0.15) is 4.31 Å². The predicted octanol–water partition coefficient (Wildman–Crippen LogP) is 1.78. The SMILES string of the molecule is Cc1ccc([N+](=O)[O-])cc1S(=O)(=O)N1CCN(C[C@H]2CCCCO2)CC1. The third-order valence-corrected chi connectivity index (χ3v) is 7.11. The zero-order valence-electron chi connectivity index (χ0n) is 15.0. The summed E-state index contributed by atoms with van der Waals surface area (Å²) in [5, 5.41) is 11.0. The molecule has 1 atom stereocenters. The Morgan fingerprint density at radius 2 is 1.96 bits per heavy atom. The van der Waals surface area contributed by atoms with Crippen LogP contribution in [-0.4, -0.2) is 68.0 Å². The number of non-ortho nitro benzene ring substituents is 1. The maximum Gasteiger partial charge on any atom is 0.270 e. The Labute approximate surface area is 153 Å². The number of nitrogens with zero attached hydrogens (tertiary/aromatic N) is 3. The number of ether oxygens (including phenoxy) is 1. The van der Waals surface area contributed by atoms with Crippen molar-refractivity contribution in [1.82, 2.24) is 9.21 Å². The van der Waals surface area contributed by atoms with E-state index in [4.69, 9.17) is 4.74 Å². The molecule has 1 aromatic carbocycles. The van der Waals surface area contributed by atoms with Crippen molar-refractivity contribution in [2.24, 2.45) is 0 Å². The number of piperazine rings is 1. The Balaban J connectivity index is 1.66. The van der Waals surface area contributed by atoms with Gasteiger partial charge in [0, 0.05) is 51.5 Å². The minimum atomic E-state index is -3.73. The van der Waals surface area contributed by atoms with Crippen LogP contribution in [0.2, 0.25) is 0 Å². The van der Waals surface area contributed by atoms with E-state index in [0.717, 1.165) is 32.1 Å². The summed E-state index contributed by atoms with van der Waals surface area (Å²) >= 11 is 0. The number of rotatable bonds is 5. The molecule has 2 heterocycles. The second-order valence-corrected chi connectivity index (χ2v) is 8.81. The van der Waals surface area contributed by atoms with Crippen molar-refractivity contribution in [1.29, 1.82) is 0 Å². The maximum atomic E-state index is 12.9. The van der Waals surface area contributed by atoms with Crippen molar-refractivity contribution in [3.05, 3.63) is 33.9 Å². The van der Waals surface area contributed by atoms with Crippen molar-refractivity contribution in [2.45, 2.75) is 37.2 Å². The summed E-state index contributed by atoms with van der Waals surface area (Å²) in [4.78, 5) is 12.7. The molecule has 0 unspecified atom stereocenters. The number of aryl methyl sites for hydroxylation is 1. The molecule has 0 bridgehead atoms.